The monoisotopic (exact) mass is 384 g/mol. The number of amides is 2. The van der Waals surface area contributed by atoms with Crippen LogP contribution in [0.15, 0.2) is 42.5 Å². The van der Waals surface area contributed by atoms with E-state index in [9.17, 15) is 14.4 Å². The Morgan fingerprint density at radius 2 is 1.68 bits per heavy atom. The lowest BCUT2D eigenvalue weighted by Crippen LogP contribution is -2.36. The van der Waals surface area contributed by atoms with Crippen LogP contribution in [0.4, 0.5) is 5.69 Å². The molecule has 0 spiro atoms. The number of methoxy groups -OCH3 is 2. The highest BCUT2D eigenvalue weighted by atomic mass is 16.5. The van der Waals surface area contributed by atoms with Crippen LogP contribution in [0.2, 0.25) is 0 Å². The van der Waals surface area contributed by atoms with Crippen LogP contribution in [0.1, 0.15) is 29.8 Å². The summed E-state index contributed by atoms with van der Waals surface area (Å²) in [7, 11) is 3.08. The lowest BCUT2D eigenvalue weighted by Gasteiger charge is -2.21. The first-order valence-corrected chi connectivity index (χ1v) is 8.71. The smallest absolute Gasteiger partial charge is 0.244 e. The fourth-order valence-corrected chi connectivity index (χ4v) is 2.67. The summed E-state index contributed by atoms with van der Waals surface area (Å²) in [5.74, 6) is 0.464. The topological polar surface area (TPSA) is 84.9 Å². The van der Waals surface area contributed by atoms with Crippen LogP contribution in [0.25, 0.3) is 0 Å². The summed E-state index contributed by atoms with van der Waals surface area (Å²) < 4.78 is 10.5. The van der Waals surface area contributed by atoms with Crippen LogP contribution >= 0.6 is 0 Å². The maximum atomic E-state index is 12.4. The predicted molar refractivity (Wildman–Crippen MR) is 106 cm³/mol. The molecule has 0 bridgehead atoms. The fourth-order valence-electron chi connectivity index (χ4n) is 2.67. The minimum atomic E-state index is -0.351. The Hall–Kier alpha value is -3.35. The highest BCUT2D eigenvalue weighted by Gasteiger charge is 2.16. The van der Waals surface area contributed by atoms with Gasteiger partial charge in [-0.25, -0.2) is 0 Å². The molecule has 2 rings (SSSR count). The van der Waals surface area contributed by atoms with Crippen LogP contribution in [0.3, 0.4) is 0 Å². The quantitative estimate of drug-likeness (QED) is 0.708. The van der Waals surface area contributed by atoms with E-state index in [1.807, 2.05) is 6.07 Å². The number of Topliss-reactive ketones (excluding diaryl/α,β-unsaturated/α-hetero) is 1. The van der Waals surface area contributed by atoms with Crippen molar-refractivity contribution in [1.82, 2.24) is 4.90 Å². The summed E-state index contributed by atoms with van der Waals surface area (Å²) in [4.78, 5) is 37.3. The molecule has 0 atom stereocenters. The Morgan fingerprint density at radius 1 is 0.964 bits per heavy atom. The zero-order valence-electron chi connectivity index (χ0n) is 16.4. The first-order chi connectivity index (χ1) is 13.3. The van der Waals surface area contributed by atoms with Crippen LogP contribution in [-0.4, -0.2) is 43.3 Å². The first-order valence-electron chi connectivity index (χ1n) is 8.71. The van der Waals surface area contributed by atoms with E-state index in [2.05, 4.69) is 5.32 Å². The van der Waals surface area contributed by atoms with Gasteiger partial charge in [-0.15, -0.1) is 0 Å². The summed E-state index contributed by atoms with van der Waals surface area (Å²) in [6, 6.07) is 12.0. The number of carbonyl (C=O) groups is 3. The molecule has 1 N–H and O–H groups in total. The van der Waals surface area contributed by atoms with Gasteiger partial charge in [0.15, 0.2) is 17.3 Å². The number of benzene rings is 2. The van der Waals surface area contributed by atoms with Crippen LogP contribution in [0.5, 0.6) is 11.5 Å². The van der Waals surface area contributed by atoms with E-state index in [4.69, 9.17) is 9.47 Å². The molecule has 148 valence electrons. The first kappa shape index (κ1) is 21.0. The van der Waals surface area contributed by atoms with Gasteiger partial charge in [-0.1, -0.05) is 18.2 Å². The molecule has 0 saturated carbocycles. The molecule has 0 radical (unpaired) electrons. The Balaban J connectivity index is 2.08. The van der Waals surface area contributed by atoms with Crippen molar-refractivity contribution < 1.29 is 23.9 Å². The van der Waals surface area contributed by atoms with E-state index in [1.54, 1.807) is 43.5 Å². The van der Waals surface area contributed by atoms with E-state index >= 15 is 0 Å². The van der Waals surface area contributed by atoms with E-state index in [1.165, 1.54) is 25.9 Å². The highest BCUT2D eigenvalue weighted by molar-refractivity contribution is 5.98. The fraction of sp³-hybridized carbons (Fsp3) is 0.286. The number of nitrogens with zero attached hydrogens (tertiary/aromatic N) is 1. The van der Waals surface area contributed by atoms with Gasteiger partial charge in [0.25, 0.3) is 0 Å². The van der Waals surface area contributed by atoms with Crippen molar-refractivity contribution in [1.29, 1.82) is 0 Å². The molecule has 0 aliphatic heterocycles. The van der Waals surface area contributed by atoms with Crippen LogP contribution in [-0.2, 0) is 16.1 Å². The number of anilines is 1. The maximum Gasteiger partial charge on any atom is 0.244 e. The van der Waals surface area contributed by atoms with Gasteiger partial charge in [0.1, 0.15) is 6.54 Å². The third kappa shape index (κ3) is 5.57. The summed E-state index contributed by atoms with van der Waals surface area (Å²) in [5, 5.41) is 2.72. The summed E-state index contributed by atoms with van der Waals surface area (Å²) >= 11 is 0. The summed E-state index contributed by atoms with van der Waals surface area (Å²) in [5.41, 5.74) is 1.82. The van der Waals surface area contributed by atoms with Gasteiger partial charge in [-0.3, -0.25) is 14.4 Å². The third-order valence-corrected chi connectivity index (χ3v) is 4.15. The van der Waals surface area contributed by atoms with Gasteiger partial charge in [0.2, 0.25) is 11.8 Å². The summed E-state index contributed by atoms with van der Waals surface area (Å²) in [6.45, 7) is 3.00. The number of hydrogen-bond acceptors (Lipinski definition) is 5. The Bertz CT molecular complexity index is 879. The predicted octanol–water partition coefficient (Wildman–Crippen LogP) is 2.89. The van der Waals surface area contributed by atoms with Gasteiger partial charge in [-0.2, -0.15) is 0 Å². The summed E-state index contributed by atoms with van der Waals surface area (Å²) in [6.07, 6.45) is 0. The van der Waals surface area contributed by atoms with Gasteiger partial charge in [0.05, 0.1) is 14.2 Å². The molecule has 0 unspecified atom stereocenters. The molecule has 0 aliphatic carbocycles. The SMILES string of the molecule is COc1ccc(CN(CC(=O)Nc2cccc(C(C)=O)c2)C(C)=O)cc1OC. The molecule has 7 nitrogen and oxygen atoms in total. The van der Waals surface area contributed by atoms with E-state index in [-0.39, 0.29) is 30.7 Å². The average Bonchev–Trinajstić information content (AvgIpc) is 2.67. The lowest BCUT2D eigenvalue weighted by molar-refractivity contribution is -0.133. The third-order valence-electron chi connectivity index (χ3n) is 4.15. The molecule has 2 aromatic carbocycles. The van der Waals surface area contributed by atoms with E-state index in [0.29, 0.717) is 22.7 Å². The van der Waals surface area contributed by atoms with Crippen molar-refractivity contribution in [3.63, 3.8) is 0 Å². The van der Waals surface area contributed by atoms with Crippen molar-refractivity contribution in [3.05, 3.63) is 53.6 Å². The second-order valence-electron chi connectivity index (χ2n) is 6.25. The standard InChI is InChI=1S/C21H24N2O5/c1-14(24)17-6-5-7-18(11-17)22-21(26)13-23(15(2)25)12-16-8-9-19(27-3)20(10-16)28-4/h5-11H,12-13H2,1-4H3,(H,22,26). The Kier molecular flexibility index (Phi) is 7.14. The van der Waals surface area contributed by atoms with E-state index in [0.717, 1.165) is 5.56 Å². The van der Waals surface area contributed by atoms with Crippen molar-refractivity contribution in [2.45, 2.75) is 20.4 Å². The van der Waals surface area contributed by atoms with E-state index < -0.39 is 0 Å². The molecular formula is C21H24N2O5. The van der Waals surface area contributed by atoms with Crippen molar-refractivity contribution in [2.75, 3.05) is 26.1 Å². The van der Waals surface area contributed by atoms with Crippen LogP contribution in [0, 0.1) is 0 Å². The van der Waals surface area contributed by atoms with Gasteiger partial charge >= 0.3 is 0 Å². The lowest BCUT2D eigenvalue weighted by atomic mass is 10.1. The number of nitrogens with one attached hydrogen (secondary N) is 1. The molecule has 0 heterocycles. The second kappa shape index (κ2) is 9.55. The molecule has 0 aromatic heterocycles. The zero-order chi connectivity index (χ0) is 20.7. The Morgan fingerprint density at radius 3 is 2.29 bits per heavy atom. The average molecular weight is 384 g/mol. The molecule has 0 saturated heterocycles. The number of ether oxygens (including phenoxy) is 2. The molecular weight excluding hydrogens is 360 g/mol. The molecule has 0 fully saturated rings. The van der Waals surface area contributed by atoms with Crippen molar-refractivity contribution in [2.24, 2.45) is 0 Å². The number of ketones is 1. The maximum absolute atomic E-state index is 12.4. The molecule has 7 heteroatoms. The number of carbonyl (C=O) groups excluding carboxylic acids is 3. The molecule has 2 aromatic rings. The Labute approximate surface area is 164 Å². The van der Waals surface area contributed by atoms with Gasteiger partial charge in [-0.05, 0) is 36.8 Å². The zero-order valence-corrected chi connectivity index (χ0v) is 16.4. The second-order valence-corrected chi connectivity index (χ2v) is 6.25. The molecule has 2 amide bonds. The number of rotatable bonds is 8. The van der Waals surface area contributed by atoms with Gasteiger partial charge < -0.3 is 19.7 Å². The van der Waals surface area contributed by atoms with Crippen molar-refractivity contribution >= 4 is 23.3 Å². The molecule has 28 heavy (non-hydrogen) atoms. The minimum absolute atomic E-state index is 0.0880. The van der Waals surface area contributed by atoms with Gasteiger partial charge in [0, 0.05) is 24.7 Å². The van der Waals surface area contributed by atoms with Crippen molar-refractivity contribution in [3.8, 4) is 11.5 Å². The number of hydrogen-bond donors (Lipinski definition) is 1. The largest absolute Gasteiger partial charge is 0.493 e. The molecule has 0 aliphatic rings. The van der Waals surface area contributed by atoms with Crippen LogP contribution < -0.4 is 14.8 Å². The minimum Gasteiger partial charge on any atom is -0.493 e. The normalized spacial score (nSPS) is 10.1. The highest BCUT2D eigenvalue weighted by Crippen LogP contribution is 2.28.